The highest BCUT2D eigenvalue weighted by atomic mass is 16.6. The van der Waals surface area contributed by atoms with Crippen molar-refractivity contribution in [2.24, 2.45) is 0 Å². The van der Waals surface area contributed by atoms with E-state index >= 15 is 0 Å². The molecule has 0 saturated heterocycles. The average Bonchev–Trinajstić information content (AvgIpc) is 2.64. The van der Waals surface area contributed by atoms with Gasteiger partial charge in [0, 0.05) is 0 Å². The van der Waals surface area contributed by atoms with Crippen molar-refractivity contribution < 1.29 is 23.8 Å². The summed E-state index contributed by atoms with van der Waals surface area (Å²) in [6, 6.07) is 19.1. The fraction of sp³-hybridized carbons (Fsp3) is 0.263. The van der Waals surface area contributed by atoms with Crippen molar-refractivity contribution in [1.82, 2.24) is 0 Å². The van der Waals surface area contributed by atoms with Gasteiger partial charge < -0.3 is 19.0 Å². The number of hydrogen-bond acceptors (Lipinski definition) is 5. The van der Waals surface area contributed by atoms with Crippen LogP contribution in [0.15, 0.2) is 60.7 Å². The van der Waals surface area contributed by atoms with Crippen LogP contribution in [-0.4, -0.2) is 31.6 Å². The molecule has 0 N–H and O–H groups in total. The molecule has 2 aromatic rings. The Labute approximate surface area is 141 Å². The van der Waals surface area contributed by atoms with E-state index in [9.17, 15) is 9.59 Å². The monoisotopic (exact) mass is 328 g/mol. The Kier molecular flexibility index (Phi) is 7.67. The van der Waals surface area contributed by atoms with Crippen LogP contribution in [0.25, 0.3) is 0 Å². The molecule has 0 saturated carbocycles. The van der Waals surface area contributed by atoms with Crippen LogP contribution in [-0.2, 0) is 37.0 Å². The topological polar surface area (TPSA) is 61.8 Å². The van der Waals surface area contributed by atoms with Crippen molar-refractivity contribution in [2.45, 2.75) is 25.4 Å². The van der Waals surface area contributed by atoms with Gasteiger partial charge in [-0.1, -0.05) is 60.7 Å². The number of aldehydes is 1. The molecule has 0 spiro atoms. The summed E-state index contributed by atoms with van der Waals surface area (Å²) in [5.74, 6) is 0. The Morgan fingerprint density at radius 1 is 0.833 bits per heavy atom. The third kappa shape index (κ3) is 5.95. The van der Waals surface area contributed by atoms with E-state index < -0.39 is 12.2 Å². The van der Waals surface area contributed by atoms with E-state index in [1.165, 1.54) is 0 Å². The molecule has 2 rings (SSSR count). The van der Waals surface area contributed by atoms with Crippen LogP contribution in [0.4, 0.5) is 0 Å². The van der Waals surface area contributed by atoms with Crippen molar-refractivity contribution >= 4 is 12.8 Å². The smallest absolute Gasteiger partial charge is 0.293 e. The van der Waals surface area contributed by atoms with Gasteiger partial charge in [0.1, 0.15) is 0 Å². The predicted octanol–water partition coefficient (Wildman–Crippen LogP) is 2.53. The fourth-order valence-electron chi connectivity index (χ4n) is 2.15. The van der Waals surface area contributed by atoms with E-state index in [1.807, 2.05) is 60.7 Å². The molecule has 0 aliphatic rings. The van der Waals surface area contributed by atoms with E-state index in [-0.39, 0.29) is 13.2 Å². The molecule has 0 aliphatic heterocycles. The van der Waals surface area contributed by atoms with Crippen molar-refractivity contribution in [3.8, 4) is 0 Å². The van der Waals surface area contributed by atoms with Crippen LogP contribution in [0.3, 0.4) is 0 Å². The lowest BCUT2D eigenvalue weighted by molar-refractivity contribution is -0.153. The van der Waals surface area contributed by atoms with Crippen molar-refractivity contribution in [2.75, 3.05) is 6.61 Å². The van der Waals surface area contributed by atoms with Gasteiger partial charge in [-0.3, -0.25) is 4.79 Å². The molecule has 5 nitrogen and oxygen atoms in total. The number of rotatable bonds is 11. The van der Waals surface area contributed by atoms with Crippen LogP contribution in [0.1, 0.15) is 11.1 Å². The van der Waals surface area contributed by atoms with Gasteiger partial charge in [-0.25, -0.2) is 0 Å². The quantitative estimate of drug-likeness (QED) is 0.593. The van der Waals surface area contributed by atoms with Crippen LogP contribution in [0.2, 0.25) is 0 Å². The average molecular weight is 328 g/mol. The molecule has 0 unspecified atom stereocenters. The van der Waals surface area contributed by atoms with Crippen molar-refractivity contribution in [3.05, 3.63) is 71.8 Å². The van der Waals surface area contributed by atoms with E-state index in [4.69, 9.17) is 14.2 Å². The molecule has 24 heavy (non-hydrogen) atoms. The molecular weight excluding hydrogens is 308 g/mol. The van der Waals surface area contributed by atoms with Crippen LogP contribution < -0.4 is 0 Å². The third-order valence-corrected chi connectivity index (χ3v) is 3.41. The second-order valence-electron chi connectivity index (χ2n) is 5.17. The van der Waals surface area contributed by atoms with Gasteiger partial charge in [0.2, 0.25) is 0 Å². The van der Waals surface area contributed by atoms with Gasteiger partial charge in [-0.05, 0) is 11.1 Å². The second-order valence-corrected chi connectivity index (χ2v) is 5.17. The van der Waals surface area contributed by atoms with E-state index in [0.29, 0.717) is 19.4 Å². The molecule has 2 aromatic carbocycles. The van der Waals surface area contributed by atoms with Gasteiger partial charge in [-0.2, -0.15) is 0 Å². The first-order valence-electron chi connectivity index (χ1n) is 7.65. The van der Waals surface area contributed by atoms with Crippen molar-refractivity contribution in [1.29, 1.82) is 0 Å². The Morgan fingerprint density at radius 3 is 1.96 bits per heavy atom. The summed E-state index contributed by atoms with van der Waals surface area (Å²) in [6.07, 6.45) is -1.04. The molecule has 0 aliphatic carbocycles. The second kappa shape index (κ2) is 10.3. The zero-order valence-electron chi connectivity index (χ0n) is 13.2. The van der Waals surface area contributed by atoms with Gasteiger partial charge in [0.15, 0.2) is 18.5 Å². The lowest BCUT2D eigenvalue weighted by atomic mass is 10.2. The largest absolute Gasteiger partial charge is 0.459 e. The third-order valence-electron chi connectivity index (χ3n) is 3.41. The Bertz CT molecular complexity index is 600. The normalized spacial score (nSPS) is 13.0. The van der Waals surface area contributed by atoms with Gasteiger partial charge in [0.25, 0.3) is 6.47 Å². The van der Waals surface area contributed by atoms with Gasteiger partial charge in [-0.15, -0.1) is 0 Å². The minimum atomic E-state index is -0.883. The first-order valence-corrected chi connectivity index (χ1v) is 7.65. The Morgan fingerprint density at radius 2 is 1.42 bits per heavy atom. The lowest BCUT2D eigenvalue weighted by Gasteiger charge is -2.21. The molecule has 0 heterocycles. The van der Waals surface area contributed by atoms with E-state index in [1.54, 1.807) is 0 Å². The Hall–Kier alpha value is -2.50. The van der Waals surface area contributed by atoms with E-state index in [2.05, 4.69) is 0 Å². The van der Waals surface area contributed by atoms with Crippen LogP contribution in [0.5, 0.6) is 0 Å². The SMILES string of the molecule is O=CO[C@H](COCc1ccccc1)[C@H](C=O)OCc1ccccc1. The minimum absolute atomic E-state index is 0.0752. The summed E-state index contributed by atoms with van der Waals surface area (Å²) in [5.41, 5.74) is 1.93. The van der Waals surface area contributed by atoms with Gasteiger partial charge >= 0.3 is 0 Å². The summed E-state index contributed by atoms with van der Waals surface area (Å²) < 4.78 is 16.1. The molecule has 0 amide bonds. The summed E-state index contributed by atoms with van der Waals surface area (Å²) in [5, 5.41) is 0. The van der Waals surface area contributed by atoms with Crippen molar-refractivity contribution in [3.63, 3.8) is 0 Å². The number of ether oxygens (including phenoxy) is 3. The van der Waals surface area contributed by atoms with Crippen LogP contribution in [0, 0.1) is 0 Å². The molecule has 0 aromatic heterocycles. The standard InChI is InChI=1S/C19H20O5/c20-11-18(23-13-17-9-5-2-6-10-17)19(24-15-21)14-22-12-16-7-3-1-4-8-16/h1-11,15,18-19H,12-14H2/t18-,19+/m0/s1. The first-order chi connectivity index (χ1) is 11.8. The first kappa shape index (κ1) is 17.8. The maximum Gasteiger partial charge on any atom is 0.293 e. The molecule has 0 fully saturated rings. The lowest BCUT2D eigenvalue weighted by Crippen LogP contribution is -2.36. The zero-order valence-corrected chi connectivity index (χ0v) is 13.2. The summed E-state index contributed by atoms with van der Waals surface area (Å²) in [6.45, 7) is 0.996. The zero-order chi connectivity index (χ0) is 17.0. The predicted molar refractivity (Wildman–Crippen MR) is 88.1 cm³/mol. The summed E-state index contributed by atoms with van der Waals surface area (Å²) in [7, 11) is 0. The molecule has 5 heteroatoms. The van der Waals surface area contributed by atoms with E-state index in [0.717, 1.165) is 11.1 Å². The summed E-state index contributed by atoms with van der Waals surface area (Å²) >= 11 is 0. The van der Waals surface area contributed by atoms with Gasteiger partial charge in [0.05, 0.1) is 19.8 Å². The molecule has 126 valence electrons. The molecule has 2 atom stereocenters. The fourth-order valence-corrected chi connectivity index (χ4v) is 2.15. The molecular formula is C19H20O5. The Balaban J connectivity index is 1.86. The highest BCUT2D eigenvalue weighted by molar-refractivity contribution is 5.57. The minimum Gasteiger partial charge on any atom is -0.459 e. The number of carbonyl (C=O) groups excluding carboxylic acids is 2. The highest BCUT2D eigenvalue weighted by Gasteiger charge is 2.23. The maximum absolute atomic E-state index is 11.3. The highest BCUT2D eigenvalue weighted by Crippen LogP contribution is 2.09. The molecule has 0 bridgehead atoms. The maximum atomic E-state index is 11.3. The number of carbonyl (C=O) groups is 2. The summed E-state index contributed by atoms with van der Waals surface area (Å²) in [4.78, 5) is 22.0. The van der Waals surface area contributed by atoms with Crippen LogP contribution >= 0.6 is 0 Å². The number of hydrogen-bond donors (Lipinski definition) is 0. The number of benzene rings is 2. The molecule has 0 radical (unpaired) electrons.